The Labute approximate surface area is 151 Å². The molecule has 1 unspecified atom stereocenters. The molecule has 0 fully saturated rings. The zero-order chi connectivity index (χ0) is 18.1. The molecule has 1 aliphatic carbocycles. The maximum atomic E-state index is 12.6. The SMILES string of the molecule is Cc1nc(-c2ccncc2)ncc1C(C)NC(=O)c1n[nH]c2c1CCC2. The lowest BCUT2D eigenvalue weighted by Gasteiger charge is -2.16. The summed E-state index contributed by atoms with van der Waals surface area (Å²) in [4.78, 5) is 25.6. The van der Waals surface area contributed by atoms with E-state index in [2.05, 4.69) is 30.5 Å². The average Bonchev–Trinajstić information content (AvgIpc) is 3.25. The van der Waals surface area contributed by atoms with Crippen molar-refractivity contribution in [3.8, 4) is 11.4 Å². The molecule has 0 radical (unpaired) electrons. The van der Waals surface area contributed by atoms with Crippen molar-refractivity contribution in [3.05, 3.63) is 58.9 Å². The first-order valence-electron chi connectivity index (χ1n) is 8.74. The summed E-state index contributed by atoms with van der Waals surface area (Å²) in [6.07, 6.45) is 8.15. The van der Waals surface area contributed by atoms with E-state index in [0.29, 0.717) is 11.5 Å². The fourth-order valence-electron chi connectivity index (χ4n) is 3.39. The van der Waals surface area contributed by atoms with Crippen molar-refractivity contribution in [2.24, 2.45) is 0 Å². The average molecular weight is 348 g/mol. The number of aryl methyl sites for hydroxylation is 2. The zero-order valence-corrected chi connectivity index (χ0v) is 14.8. The Balaban J connectivity index is 1.53. The smallest absolute Gasteiger partial charge is 0.272 e. The Hall–Kier alpha value is -3.09. The third-order valence-electron chi connectivity index (χ3n) is 4.79. The number of nitrogens with one attached hydrogen (secondary N) is 2. The van der Waals surface area contributed by atoms with E-state index in [0.717, 1.165) is 47.3 Å². The number of nitrogens with zero attached hydrogens (tertiary/aromatic N) is 4. The van der Waals surface area contributed by atoms with Crippen LogP contribution in [-0.4, -0.2) is 31.1 Å². The van der Waals surface area contributed by atoms with Crippen LogP contribution in [0.25, 0.3) is 11.4 Å². The van der Waals surface area contributed by atoms with Crippen molar-refractivity contribution in [1.82, 2.24) is 30.5 Å². The zero-order valence-electron chi connectivity index (χ0n) is 14.8. The second kappa shape index (κ2) is 6.67. The highest BCUT2D eigenvalue weighted by Crippen LogP contribution is 2.24. The molecule has 3 aromatic heterocycles. The summed E-state index contributed by atoms with van der Waals surface area (Å²) in [6, 6.07) is 3.54. The van der Waals surface area contributed by atoms with Crippen LogP contribution in [0, 0.1) is 6.92 Å². The third-order valence-corrected chi connectivity index (χ3v) is 4.79. The first-order chi connectivity index (χ1) is 12.6. The monoisotopic (exact) mass is 348 g/mol. The minimum Gasteiger partial charge on any atom is -0.344 e. The van der Waals surface area contributed by atoms with Gasteiger partial charge in [-0.1, -0.05) is 0 Å². The van der Waals surface area contributed by atoms with E-state index in [-0.39, 0.29) is 11.9 Å². The van der Waals surface area contributed by atoms with Gasteiger partial charge in [0.05, 0.1) is 6.04 Å². The van der Waals surface area contributed by atoms with E-state index >= 15 is 0 Å². The van der Waals surface area contributed by atoms with Crippen molar-refractivity contribution in [1.29, 1.82) is 0 Å². The van der Waals surface area contributed by atoms with Gasteiger partial charge in [0.25, 0.3) is 5.91 Å². The number of hydrogen-bond donors (Lipinski definition) is 2. The summed E-state index contributed by atoms with van der Waals surface area (Å²) in [5.74, 6) is 0.492. The summed E-state index contributed by atoms with van der Waals surface area (Å²) < 4.78 is 0. The van der Waals surface area contributed by atoms with E-state index in [9.17, 15) is 4.79 Å². The lowest BCUT2D eigenvalue weighted by molar-refractivity contribution is 0.0933. The van der Waals surface area contributed by atoms with Gasteiger partial charge in [0, 0.05) is 46.7 Å². The van der Waals surface area contributed by atoms with Crippen LogP contribution < -0.4 is 5.32 Å². The molecule has 1 amide bonds. The fraction of sp³-hybridized carbons (Fsp3) is 0.316. The molecule has 132 valence electrons. The Morgan fingerprint density at radius 2 is 2.08 bits per heavy atom. The van der Waals surface area contributed by atoms with E-state index in [1.54, 1.807) is 18.6 Å². The van der Waals surface area contributed by atoms with Crippen LogP contribution in [-0.2, 0) is 12.8 Å². The number of fused-ring (bicyclic) bond motifs is 1. The summed E-state index contributed by atoms with van der Waals surface area (Å²) in [5.41, 5.74) is 5.30. The van der Waals surface area contributed by atoms with Crippen LogP contribution in [0.3, 0.4) is 0 Å². The van der Waals surface area contributed by atoms with Crippen LogP contribution in [0.1, 0.15) is 52.4 Å². The van der Waals surface area contributed by atoms with Crippen molar-refractivity contribution >= 4 is 5.91 Å². The molecule has 0 spiro atoms. The van der Waals surface area contributed by atoms with Crippen LogP contribution >= 0.6 is 0 Å². The molecule has 0 aromatic carbocycles. The van der Waals surface area contributed by atoms with E-state index in [4.69, 9.17) is 0 Å². The Bertz CT molecular complexity index is 950. The van der Waals surface area contributed by atoms with Gasteiger partial charge in [-0.25, -0.2) is 9.97 Å². The molecule has 1 atom stereocenters. The number of aromatic amines is 1. The number of hydrogen-bond acceptors (Lipinski definition) is 5. The highest BCUT2D eigenvalue weighted by atomic mass is 16.2. The second-order valence-electron chi connectivity index (χ2n) is 6.55. The molecule has 1 aliphatic rings. The molecule has 3 aromatic rings. The van der Waals surface area contributed by atoms with Crippen LogP contribution in [0.4, 0.5) is 0 Å². The predicted octanol–water partition coefficient (Wildman–Crippen LogP) is 2.55. The van der Waals surface area contributed by atoms with Crippen molar-refractivity contribution in [2.75, 3.05) is 0 Å². The van der Waals surface area contributed by atoms with Gasteiger partial charge in [-0.2, -0.15) is 5.10 Å². The van der Waals surface area contributed by atoms with Crippen molar-refractivity contribution in [3.63, 3.8) is 0 Å². The largest absolute Gasteiger partial charge is 0.344 e. The van der Waals surface area contributed by atoms with Gasteiger partial charge in [0.1, 0.15) is 0 Å². The highest BCUT2D eigenvalue weighted by Gasteiger charge is 2.24. The maximum Gasteiger partial charge on any atom is 0.272 e. The van der Waals surface area contributed by atoms with Gasteiger partial charge in [-0.15, -0.1) is 0 Å². The van der Waals surface area contributed by atoms with Gasteiger partial charge >= 0.3 is 0 Å². The summed E-state index contributed by atoms with van der Waals surface area (Å²) in [7, 11) is 0. The number of aromatic nitrogens is 5. The van der Waals surface area contributed by atoms with Crippen molar-refractivity contribution in [2.45, 2.75) is 39.2 Å². The normalized spacial score (nSPS) is 14.1. The molecular weight excluding hydrogens is 328 g/mol. The maximum absolute atomic E-state index is 12.6. The van der Waals surface area contributed by atoms with Gasteiger partial charge < -0.3 is 5.32 Å². The fourth-order valence-corrected chi connectivity index (χ4v) is 3.39. The van der Waals surface area contributed by atoms with Gasteiger partial charge in [0.15, 0.2) is 11.5 Å². The number of carbonyl (C=O) groups is 1. The Morgan fingerprint density at radius 3 is 2.85 bits per heavy atom. The van der Waals surface area contributed by atoms with Gasteiger partial charge in [-0.05, 0) is 45.2 Å². The quantitative estimate of drug-likeness (QED) is 0.755. The van der Waals surface area contributed by atoms with Crippen LogP contribution in [0.2, 0.25) is 0 Å². The second-order valence-corrected chi connectivity index (χ2v) is 6.55. The number of amides is 1. The summed E-state index contributed by atoms with van der Waals surface area (Å²) in [5, 5.41) is 10.2. The Morgan fingerprint density at radius 1 is 1.27 bits per heavy atom. The number of rotatable bonds is 4. The van der Waals surface area contributed by atoms with Crippen LogP contribution in [0.15, 0.2) is 30.7 Å². The molecule has 0 aliphatic heterocycles. The summed E-state index contributed by atoms with van der Waals surface area (Å²) in [6.45, 7) is 3.86. The third kappa shape index (κ3) is 2.96. The van der Waals surface area contributed by atoms with Gasteiger partial charge in [0.2, 0.25) is 0 Å². The number of pyridine rings is 1. The molecule has 0 saturated carbocycles. The lowest BCUT2D eigenvalue weighted by atomic mass is 10.1. The van der Waals surface area contributed by atoms with E-state index in [1.165, 1.54) is 0 Å². The van der Waals surface area contributed by atoms with Crippen molar-refractivity contribution < 1.29 is 4.79 Å². The molecular formula is C19H20N6O. The first-order valence-corrected chi connectivity index (χ1v) is 8.74. The Kier molecular flexibility index (Phi) is 4.20. The predicted molar refractivity (Wildman–Crippen MR) is 96.5 cm³/mol. The number of H-pyrrole nitrogens is 1. The van der Waals surface area contributed by atoms with E-state index in [1.807, 2.05) is 26.0 Å². The molecule has 0 saturated heterocycles. The molecule has 7 heteroatoms. The highest BCUT2D eigenvalue weighted by molar-refractivity contribution is 5.94. The summed E-state index contributed by atoms with van der Waals surface area (Å²) >= 11 is 0. The molecule has 2 N–H and O–H groups in total. The molecule has 26 heavy (non-hydrogen) atoms. The van der Waals surface area contributed by atoms with Gasteiger partial charge in [-0.3, -0.25) is 14.9 Å². The molecule has 4 rings (SSSR count). The standard InChI is InChI=1S/C19H20N6O/c1-11-15(10-21-18(22-11)13-6-8-20-9-7-13)12(2)23-19(26)17-14-4-3-5-16(14)24-25-17/h6-10,12H,3-5H2,1-2H3,(H,23,26)(H,24,25). The van der Waals surface area contributed by atoms with Crippen LogP contribution in [0.5, 0.6) is 0 Å². The molecule has 7 nitrogen and oxygen atoms in total. The topological polar surface area (TPSA) is 96.5 Å². The minimum absolute atomic E-state index is 0.158. The molecule has 0 bridgehead atoms. The molecule has 3 heterocycles. The minimum atomic E-state index is -0.206. The lowest BCUT2D eigenvalue weighted by Crippen LogP contribution is -2.28. The van der Waals surface area contributed by atoms with E-state index < -0.39 is 0 Å². The first kappa shape index (κ1) is 16.4. The number of carbonyl (C=O) groups excluding carboxylic acids is 1.